The summed E-state index contributed by atoms with van der Waals surface area (Å²) in [5.41, 5.74) is 6.10. The highest BCUT2D eigenvalue weighted by Crippen LogP contribution is 2.23. The fraction of sp³-hybridized carbons (Fsp3) is 0.333. The van der Waals surface area contributed by atoms with Crippen molar-refractivity contribution < 1.29 is 9.18 Å². The standard InChI is InChI=1S/C12H13FN4O/c13-9-1-2-10(8(5-9)6-14)17-4-3-16-7-11(17)12(15)18/h1-2,5,11,16H,3-4,7H2,(H2,15,18). The van der Waals surface area contributed by atoms with Gasteiger partial charge in [-0.1, -0.05) is 0 Å². The number of carbonyl (C=O) groups excluding carboxylic acids is 1. The van der Waals surface area contributed by atoms with Crippen molar-refractivity contribution in [2.75, 3.05) is 24.5 Å². The van der Waals surface area contributed by atoms with Gasteiger partial charge in [-0.15, -0.1) is 0 Å². The third kappa shape index (κ3) is 2.26. The number of nitrogens with one attached hydrogen (secondary N) is 1. The fourth-order valence-electron chi connectivity index (χ4n) is 2.10. The van der Waals surface area contributed by atoms with Crippen LogP contribution in [0, 0.1) is 17.1 Å². The van der Waals surface area contributed by atoms with E-state index in [1.54, 1.807) is 4.90 Å². The molecule has 0 radical (unpaired) electrons. The molecule has 0 aromatic heterocycles. The summed E-state index contributed by atoms with van der Waals surface area (Å²) < 4.78 is 13.1. The molecule has 1 atom stereocenters. The van der Waals surface area contributed by atoms with Crippen molar-refractivity contribution in [3.05, 3.63) is 29.6 Å². The van der Waals surface area contributed by atoms with Gasteiger partial charge in [-0.3, -0.25) is 4.79 Å². The Kier molecular flexibility index (Phi) is 3.44. The summed E-state index contributed by atoms with van der Waals surface area (Å²) >= 11 is 0. The van der Waals surface area contributed by atoms with Crippen LogP contribution in [0.4, 0.5) is 10.1 Å². The molecule has 18 heavy (non-hydrogen) atoms. The molecule has 6 heteroatoms. The molecule has 5 nitrogen and oxygen atoms in total. The SMILES string of the molecule is N#Cc1cc(F)ccc1N1CCNCC1C(N)=O. The zero-order chi connectivity index (χ0) is 13.1. The van der Waals surface area contributed by atoms with Crippen LogP contribution in [-0.2, 0) is 4.79 Å². The summed E-state index contributed by atoms with van der Waals surface area (Å²) in [6, 6.07) is 5.37. The molecule has 0 bridgehead atoms. The topological polar surface area (TPSA) is 82.2 Å². The van der Waals surface area contributed by atoms with Crippen molar-refractivity contribution in [1.82, 2.24) is 5.32 Å². The molecule has 1 fully saturated rings. The van der Waals surface area contributed by atoms with E-state index in [2.05, 4.69) is 5.32 Å². The fourth-order valence-corrected chi connectivity index (χ4v) is 2.10. The van der Waals surface area contributed by atoms with Crippen LogP contribution in [0.25, 0.3) is 0 Å². The molecule has 1 unspecified atom stereocenters. The Bertz CT molecular complexity index is 511. The first-order valence-corrected chi connectivity index (χ1v) is 5.60. The monoisotopic (exact) mass is 248 g/mol. The summed E-state index contributed by atoms with van der Waals surface area (Å²) in [6.45, 7) is 1.66. The Labute approximate surface area is 104 Å². The van der Waals surface area contributed by atoms with Gasteiger partial charge < -0.3 is 16.0 Å². The van der Waals surface area contributed by atoms with Gasteiger partial charge in [-0.25, -0.2) is 4.39 Å². The lowest BCUT2D eigenvalue weighted by Crippen LogP contribution is -2.57. The number of nitrogens with two attached hydrogens (primary N) is 1. The number of halogens is 1. The maximum atomic E-state index is 13.1. The highest BCUT2D eigenvalue weighted by atomic mass is 19.1. The second kappa shape index (κ2) is 5.02. The van der Waals surface area contributed by atoms with E-state index in [0.29, 0.717) is 25.3 Å². The zero-order valence-electron chi connectivity index (χ0n) is 9.69. The van der Waals surface area contributed by atoms with E-state index in [1.807, 2.05) is 6.07 Å². The van der Waals surface area contributed by atoms with Gasteiger partial charge >= 0.3 is 0 Å². The van der Waals surface area contributed by atoms with Gasteiger partial charge in [0.25, 0.3) is 0 Å². The molecule has 0 aliphatic carbocycles. The molecule has 3 N–H and O–H groups in total. The van der Waals surface area contributed by atoms with Crippen LogP contribution in [0.5, 0.6) is 0 Å². The molecule has 1 aromatic rings. The van der Waals surface area contributed by atoms with Crippen LogP contribution in [-0.4, -0.2) is 31.6 Å². The van der Waals surface area contributed by atoms with E-state index < -0.39 is 17.8 Å². The first-order valence-electron chi connectivity index (χ1n) is 5.60. The molecule has 1 saturated heterocycles. The maximum Gasteiger partial charge on any atom is 0.241 e. The molecule has 0 saturated carbocycles. The highest BCUT2D eigenvalue weighted by Gasteiger charge is 2.28. The van der Waals surface area contributed by atoms with Crippen LogP contribution in [0.3, 0.4) is 0 Å². The first-order chi connectivity index (χ1) is 8.63. The predicted octanol–water partition coefficient (Wildman–Crippen LogP) is -0.0391. The van der Waals surface area contributed by atoms with Gasteiger partial charge in [0, 0.05) is 19.6 Å². The Balaban J connectivity index is 2.40. The molecule has 94 valence electrons. The number of nitrogens with zero attached hydrogens (tertiary/aromatic N) is 2. The average molecular weight is 248 g/mol. The van der Waals surface area contributed by atoms with Crippen LogP contribution in [0.15, 0.2) is 18.2 Å². The second-order valence-corrected chi connectivity index (χ2v) is 4.09. The van der Waals surface area contributed by atoms with Gasteiger partial charge in [0.1, 0.15) is 17.9 Å². The van der Waals surface area contributed by atoms with Gasteiger partial charge in [0.2, 0.25) is 5.91 Å². The molecular formula is C12H13FN4O. The number of piperazine rings is 1. The molecule has 1 aromatic carbocycles. The van der Waals surface area contributed by atoms with E-state index in [0.717, 1.165) is 6.07 Å². The van der Waals surface area contributed by atoms with Gasteiger partial charge in [0.05, 0.1) is 11.3 Å². The van der Waals surface area contributed by atoms with Gasteiger partial charge in [-0.2, -0.15) is 5.26 Å². The number of amides is 1. The smallest absolute Gasteiger partial charge is 0.241 e. The van der Waals surface area contributed by atoms with Crippen molar-refractivity contribution in [3.63, 3.8) is 0 Å². The molecular weight excluding hydrogens is 235 g/mol. The summed E-state index contributed by atoms with van der Waals surface area (Å²) in [4.78, 5) is 13.1. The van der Waals surface area contributed by atoms with Crippen LogP contribution >= 0.6 is 0 Å². The van der Waals surface area contributed by atoms with Crippen LogP contribution in [0.1, 0.15) is 5.56 Å². The van der Waals surface area contributed by atoms with Crippen molar-refractivity contribution in [2.24, 2.45) is 5.73 Å². The van der Waals surface area contributed by atoms with E-state index >= 15 is 0 Å². The molecule has 1 amide bonds. The van der Waals surface area contributed by atoms with Gasteiger partial charge in [-0.05, 0) is 18.2 Å². The number of nitriles is 1. The predicted molar refractivity (Wildman–Crippen MR) is 64.3 cm³/mol. The van der Waals surface area contributed by atoms with Gasteiger partial charge in [0.15, 0.2) is 0 Å². The second-order valence-electron chi connectivity index (χ2n) is 4.09. The zero-order valence-corrected chi connectivity index (χ0v) is 9.69. The van der Waals surface area contributed by atoms with E-state index in [4.69, 9.17) is 11.0 Å². The average Bonchev–Trinajstić information content (AvgIpc) is 2.38. The van der Waals surface area contributed by atoms with E-state index in [1.165, 1.54) is 12.1 Å². The van der Waals surface area contributed by atoms with Crippen LogP contribution < -0.4 is 16.0 Å². The Morgan fingerprint density at radius 2 is 2.39 bits per heavy atom. The molecule has 2 rings (SSSR count). The number of carbonyl (C=O) groups is 1. The minimum absolute atomic E-state index is 0.211. The third-order valence-electron chi connectivity index (χ3n) is 2.96. The van der Waals surface area contributed by atoms with Crippen molar-refractivity contribution in [1.29, 1.82) is 5.26 Å². The maximum absolute atomic E-state index is 13.1. The largest absolute Gasteiger partial charge is 0.368 e. The minimum Gasteiger partial charge on any atom is -0.368 e. The number of hydrogen-bond acceptors (Lipinski definition) is 4. The Morgan fingerprint density at radius 3 is 3.06 bits per heavy atom. The van der Waals surface area contributed by atoms with Crippen molar-refractivity contribution >= 4 is 11.6 Å². The van der Waals surface area contributed by atoms with Crippen LogP contribution in [0.2, 0.25) is 0 Å². The number of hydrogen-bond donors (Lipinski definition) is 2. The lowest BCUT2D eigenvalue weighted by molar-refractivity contribution is -0.119. The van der Waals surface area contributed by atoms with E-state index in [9.17, 15) is 9.18 Å². The molecule has 1 aliphatic rings. The summed E-state index contributed by atoms with van der Waals surface area (Å²) in [5, 5.41) is 12.1. The van der Waals surface area contributed by atoms with E-state index in [-0.39, 0.29) is 5.56 Å². The Hall–Kier alpha value is -2.13. The summed E-state index contributed by atoms with van der Waals surface area (Å²) in [5.74, 6) is -0.934. The first kappa shape index (κ1) is 12.3. The van der Waals surface area contributed by atoms with Crippen molar-refractivity contribution in [3.8, 4) is 6.07 Å². The number of benzene rings is 1. The quantitative estimate of drug-likeness (QED) is 0.769. The highest BCUT2D eigenvalue weighted by molar-refractivity contribution is 5.85. The number of anilines is 1. The lowest BCUT2D eigenvalue weighted by atomic mass is 10.1. The number of rotatable bonds is 2. The molecule has 1 heterocycles. The summed E-state index contributed by atoms with van der Waals surface area (Å²) in [6.07, 6.45) is 0. The minimum atomic E-state index is -0.517. The summed E-state index contributed by atoms with van der Waals surface area (Å²) in [7, 11) is 0. The molecule has 0 spiro atoms. The third-order valence-corrected chi connectivity index (χ3v) is 2.96. The van der Waals surface area contributed by atoms with Crippen molar-refractivity contribution in [2.45, 2.75) is 6.04 Å². The number of primary amides is 1. The Morgan fingerprint density at radius 1 is 1.61 bits per heavy atom. The molecule has 1 aliphatic heterocycles. The lowest BCUT2D eigenvalue weighted by Gasteiger charge is -2.36. The normalized spacial score (nSPS) is 19.3.